The standard InChI is InChI=1S/C17H20N2O2/c1-13(21-16-7-5-4-6-8-16)17(20)18-14-9-11-15(12-10-14)19(2)3/h4-13H,1-3H3,(H,18,20). The van der Waals surface area contributed by atoms with E-state index < -0.39 is 6.10 Å². The lowest BCUT2D eigenvalue weighted by Gasteiger charge is -2.16. The van der Waals surface area contributed by atoms with Gasteiger partial charge in [-0.2, -0.15) is 0 Å². The number of para-hydroxylation sites is 1. The summed E-state index contributed by atoms with van der Waals surface area (Å²) in [4.78, 5) is 14.1. The minimum atomic E-state index is -0.555. The summed E-state index contributed by atoms with van der Waals surface area (Å²) in [5.74, 6) is 0.513. The number of carbonyl (C=O) groups is 1. The first-order valence-electron chi connectivity index (χ1n) is 6.86. The Labute approximate surface area is 125 Å². The Hall–Kier alpha value is -2.49. The van der Waals surface area contributed by atoms with Gasteiger partial charge in [0.2, 0.25) is 0 Å². The van der Waals surface area contributed by atoms with Crippen molar-refractivity contribution < 1.29 is 9.53 Å². The molecule has 1 amide bonds. The summed E-state index contributed by atoms with van der Waals surface area (Å²) in [6, 6.07) is 17.0. The molecule has 1 unspecified atom stereocenters. The highest BCUT2D eigenvalue weighted by Crippen LogP contribution is 2.16. The van der Waals surface area contributed by atoms with Gasteiger partial charge < -0.3 is 15.0 Å². The highest BCUT2D eigenvalue weighted by atomic mass is 16.5. The number of rotatable bonds is 5. The van der Waals surface area contributed by atoms with E-state index in [9.17, 15) is 4.79 Å². The van der Waals surface area contributed by atoms with Gasteiger partial charge in [0.05, 0.1) is 0 Å². The van der Waals surface area contributed by atoms with Gasteiger partial charge in [-0.25, -0.2) is 0 Å². The van der Waals surface area contributed by atoms with Crippen molar-refractivity contribution in [3.63, 3.8) is 0 Å². The number of benzene rings is 2. The van der Waals surface area contributed by atoms with Crippen LogP contribution in [0.15, 0.2) is 54.6 Å². The molecule has 21 heavy (non-hydrogen) atoms. The van der Waals surface area contributed by atoms with Gasteiger partial charge in [0.1, 0.15) is 5.75 Å². The van der Waals surface area contributed by atoms with Crippen molar-refractivity contribution in [1.82, 2.24) is 0 Å². The molecule has 2 rings (SSSR count). The average Bonchev–Trinajstić information content (AvgIpc) is 2.48. The Balaban J connectivity index is 1.94. The topological polar surface area (TPSA) is 41.6 Å². The summed E-state index contributed by atoms with van der Waals surface area (Å²) in [6.07, 6.45) is -0.555. The Morgan fingerprint density at radius 1 is 1.05 bits per heavy atom. The molecule has 0 bridgehead atoms. The van der Waals surface area contributed by atoms with E-state index in [1.165, 1.54) is 0 Å². The number of anilines is 2. The number of nitrogens with one attached hydrogen (secondary N) is 1. The van der Waals surface area contributed by atoms with Crippen LogP contribution in [0.1, 0.15) is 6.92 Å². The van der Waals surface area contributed by atoms with Crippen LogP contribution in [0, 0.1) is 0 Å². The van der Waals surface area contributed by atoms with Crippen LogP contribution in [0.25, 0.3) is 0 Å². The lowest BCUT2D eigenvalue weighted by Crippen LogP contribution is -2.30. The Bertz CT molecular complexity index is 579. The molecule has 0 saturated carbocycles. The van der Waals surface area contributed by atoms with Crippen LogP contribution in [0.4, 0.5) is 11.4 Å². The molecular formula is C17H20N2O2. The maximum Gasteiger partial charge on any atom is 0.265 e. The van der Waals surface area contributed by atoms with Crippen LogP contribution in [0.5, 0.6) is 5.75 Å². The zero-order valence-electron chi connectivity index (χ0n) is 12.5. The van der Waals surface area contributed by atoms with E-state index in [2.05, 4.69) is 5.32 Å². The minimum Gasteiger partial charge on any atom is -0.481 e. The lowest BCUT2D eigenvalue weighted by molar-refractivity contribution is -0.122. The van der Waals surface area contributed by atoms with Crippen LogP contribution in [0.3, 0.4) is 0 Å². The molecule has 0 saturated heterocycles. The zero-order valence-corrected chi connectivity index (χ0v) is 12.5. The monoisotopic (exact) mass is 284 g/mol. The Morgan fingerprint density at radius 2 is 1.67 bits per heavy atom. The number of carbonyl (C=O) groups excluding carboxylic acids is 1. The van der Waals surface area contributed by atoms with Crippen molar-refractivity contribution in [3.05, 3.63) is 54.6 Å². The van der Waals surface area contributed by atoms with Crippen LogP contribution in [-0.4, -0.2) is 26.1 Å². The van der Waals surface area contributed by atoms with Crippen molar-refractivity contribution in [2.45, 2.75) is 13.0 Å². The largest absolute Gasteiger partial charge is 0.481 e. The highest BCUT2D eigenvalue weighted by molar-refractivity contribution is 5.94. The molecule has 0 aliphatic carbocycles. The molecule has 0 radical (unpaired) electrons. The number of amides is 1. The molecule has 4 nitrogen and oxygen atoms in total. The first-order chi connectivity index (χ1) is 10.1. The highest BCUT2D eigenvalue weighted by Gasteiger charge is 2.14. The quantitative estimate of drug-likeness (QED) is 0.917. The molecule has 110 valence electrons. The molecule has 0 aliphatic rings. The van der Waals surface area contributed by atoms with Gasteiger partial charge in [0.25, 0.3) is 5.91 Å². The summed E-state index contributed by atoms with van der Waals surface area (Å²) in [7, 11) is 3.95. The molecular weight excluding hydrogens is 264 g/mol. The zero-order chi connectivity index (χ0) is 15.2. The summed E-state index contributed by atoms with van der Waals surface area (Å²) in [6.45, 7) is 1.73. The SMILES string of the molecule is CC(Oc1ccccc1)C(=O)Nc1ccc(N(C)C)cc1. The first kappa shape index (κ1) is 14.9. The molecule has 0 aliphatic heterocycles. The second kappa shape index (κ2) is 6.79. The van der Waals surface area contributed by atoms with Gasteiger partial charge in [0, 0.05) is 25.5 Å². The van der Waals surface area contributed by atoms with Crippen LogP contribution < -0.4 is 15.0 Å². The van der Waals surface area contributed by atoms with Gasteiger partial charge in [-0.05, 0) is 43.3 Å². The van der Waals surface area contributed by atoms with E-state index >= 15 is 0 Å². The van der Waals surface area contributed by atoms with Crippen molar-refractivity contribution in [3.8, 4) is 5.75 Å². The number of hydrogen-bond donors (Lipinski definition) is 1. The minimum absolute atomic E-state index is 0.170. The fourth-order valence-electron chi connectivity index (χ4n) is 1.84. The Morgan fingerprint density at radius 3 is 2.24 bits per heavy atom. The summed E-state index contributed by atoms with van der Waals surface area (Å²) in [5.41, 5.74) is 1.84. The number of hydrogen-bond acceptors (Lipinski definition) is 3. The third-order valence-electron chi connectivity index (χ3n) is 3.08. The van der Waals surface area contributed by atoms with Crippen molar-refractivity contribution >= 4 is 17.3 Å². The molecule has 2 aromatic rings. The fourth-order valence-corrected chi connectivity index (χ4v) is 1.84. The van der Waals surface area contributed by atoms with Gasteiger partial charge in [-0.3, -0.25) is 4.79 Å². The summed E-state index contributed by atoms with van der Waals surface area (Å²) in [5, 5.41) is 2.85. The van der Waals surface area contributed by atoms with Gasteiger partial charge in [-0.15, -0.1) is 0 Å². The fraction of sp³-hybridized carbons (Fsp3) is 0.235. The van der Waals surface area contributed by atoms with E-state index in [1.807, 2.05) is 73.6 Å². The smallest absolute Gasteiger partial charge is 0.265 e. The van der Waals surface area contributed by atoms with E-state index in [4.69, 9.17) is 4.74 Å². The van der Waals surface area contributed by atoms with Crippen LogP contribution >= 0.6 is 0 Å². The molecule has 1 N–H and O–H groups in total. The molecule has 1 atom stereocenters. The predicted octanol–water partition coefficient (Wildman–Crippen LogP) is 3.16. The Kier molecular flexibility index (Phi) is 4.82. The number of ether oxygens (including phenoxy) is 1. The molecule has 0 heterocycles. The predicted molar refractivity (Wildman–Crippen MR) is 85.9 cm³/mol. The van der Waals surface area contributed by atoms with Crippen molar-refractivity contribution in [1.29, 1.82) is 0 Å². The maximum absolute atomic E-state index is 12.1. The molecule has 2 aromatic carbocycles. The molecule has 0 aromatic heterocycles. The third-order valence-corrected chi connectivity index (χ3v) is 3.08. The molecule has 0 fully saturated rings. The third kappa shape index (κ3) is 4.24. The first-order valence-corrected chi connectivity index (χ1v) is 6.86. The second-order valence-corrected chi connectivity index (χ2v) is 5.00. The maximum atomic E-state index is 12.1. The molecule has 4 heteroatoms. The van der Waals surface area contributed by atoms with Crippen molar-refractivity contribution in [2.24, 2.45) is 0 Å². The van der Waals surface area contributed by atoms with Gasteiger partial charge in [-0.1, -0.05) is 18.2 Å². The van der Waals surface area contributed by atoms with E-state index in [1.54, 1.807) is 6.92 Å². The lowest BCUT2D eigenvalue weighted by atomic mass is 10.2. The van der Waals surface area contributed by atoms with Gasteiger partial charge >= 0.3 is 0 Å². The van der Waals surface area contributed by atoms with Crippen LogP contribution in [-0.2, 0) is 4.79 Å². The average molecular weight is 284 g/mol. The van der Waals surface area contributed by atoms with Crippen LogP contribution in [0.2, 0.25) is 0 Å². The summed E-state index contributed by atoms with van der Waals surface area (Å²) < 4.78 is 5.59. The summed E-state index contributed by atoms with van der Waals surface area (Å²) >= 11 is 0. The van der Waals surface area contributed by atoms with Gasteiger partial charge in [0.15, 0.2) is 6.10 Å². The van der Waals surface area contributed by atoms with E-state index in [0.717, 1.165) is 11.4 Å². The number of nitrogens with zero attached hydrogens (tertiary/aromatic N) is 1. The van der Waals surface area contributed by atoms with Crippen molar-refractivity contribution in [2.75, 3.05) is 24.3 Å². The second-order valence-electron chi connectivity index (χ2n) is 5.00. The van der Waals surface area contributed by atoms with E-state index in [-0.39, 0.29) is 5.91 Å². The van der Waals surface area contributed by atoms with E-state index in [0.29, 0.717) is 5.75 Å². The normalized spacial score (nSPS) is 11.6. The molecule has 0 spiro atoms.